The molecule has 0 N–H and O–H groups in total. The highest BCUT2D eigenvalue weighted by Gasteiger charge is 2.28. The average Bonchev–Trinajstić information content (AvgIpc) is 2.95. The Hall–Kier alpha value is -2.09. The summed E-state index contributed by atoms with van der Waals surface area (Å²) in [5.41, 5.74) is 5.01. The molecule has 2 aromatic rings. The second kappa shape index (κ2) is 10.0. The summed E-state index contributed by atoms with van der Waals surface area (Å²) in [5, 5.41) is 0. The van der Waals surface area contributed by atoms with E-state index in [-0.39, 0.29) is 11.9 Å². The molecule has 0 saturated heterocycles. The van der Waals surface area contributed by atoms with E-state index in [1.165, 1.54) is 61.3 Å². The molecule has 0 spiro atoms. The maximum atomic E-state index is 11.0. The summed E-state index contributed by atoms with van der Waals surface area (Å²) in [6.45, 7) is 6.36. The van der Waals surface area contributed by atoms with E-state index in [1.54, 1.807) is 0 Å². The standard InChI is InChI=1S/C16H14O2.C7H16/c1-11(17)18-10-16-14-8-4-2-6-12(14)13-7-3-5-9-15(13)16;1-3-5-7-6-4-2/h2-9,16H,10H2,1H3;3-7H2,1-2H3. The lowest BCUT2D eigenvalue weighted by molar-refractivity contribution is -0.141. The van der Waals surface area contributed by atoms with E-state index in [0.717, 1.165) is 0 Å². The van der Waals surface area contributed by atoms with Crippen molar-refractivity contribution in [3.8, 4) is 11.1 Å². The lowest BCUT2D eigenvalue weighted by atomic mass is 9.98. The van der Waals surface area contributed by atoms with Gasteiger partial charge in [0.1, 0.15) is 6.61 Å². The van der Waals surface area contributed by atoms with E-state index in [2.05, 4.69) is 38.1 Å². The molecule has 1 aliphatic rings. The van der Waals surface area contributed by atoms with Crippen LogP contribution in [0.5, 0.6) is 0 Å². The molecular weight excluding hydrogens is 308 g/mol. The van der Waals surface area contributed by atoms with Crippen LogP contribution < -0.4 is 0 Å². The van der Waals surface area contributed by atoms with Crippen LogP contribution in [-0.4, -0.2) is 12.6 Å². The van der Waals surface area contributed by atoms with Crippen molar-refractivity contribution in [3.63, 3.8) is 0 Å². The first-order chi connectivity index (χ1) is 12.2. The van der Waals surface area contributed by atoms with Crippen molar-refractivity contribution in [3.05, 3.63) is 59.7 Å². The minimum atomic E-state index is -0.225. The summed E-state index contributed by atoms with van der Waals surface area (Å²) < 4.78 is 5.20. The molecule has 2 aromatic carbocycles. The van der Waals surface area contributed by atoms with E-state index in [0.29, 0.717) is 6.61 Å². The highest BCUT2D eigenvalue weighted by molar-refractivity contribution is 5.79. The van der Waals surface area contributed by atoms with Crippen LogP contribution in [0.15, 0.2) is 48.5 Å². The van der Waals surface area contributed by atoms with Crippen LogP contribution in [0, 0.1) is 0 Å². The van der Waals surface area contributed by atoms with Crippen molar-refractivity contribution in [1.29, 1.82) is 0 Å². The predicted molar refractivity (Wildman–Crippen MR) is 105 cm³/mol. The van der Waals surface area contributed by atoms with Crippen molar-refractivity contribution in [2.24, 2.45) is 0 Å². The second-order valence-corrected chi connectivity index (χ2v) is 6.59. The molecular formula is C23H30O2. The van der Waals surface area contributed by atoms with Crippen LogP contribution in [0.3, 0.4) is 0 Å². The Balaban J connectivity index is 0.000000277. The molecule has 0 amide bonds. The van der Waals surface area contributed by atoms with Crippen molar-refractivity contribution in [1.82, 2.24) is 0 Å². The van der Waals surface area contributed by atoms with E-state index in [9.17, 15) is 4.79 Å². The average molecular weight is 338 g/mol. The molecule has 0 aromatic heterocycles. The van der Waals surface area contributed by atoms with E-state index >= 15 is 0 Å². The minimum Gasteiger partial charge on any atom is -0.465 e. The Morgan fingerprint density at radius 1 is 0.840 bits per heavy atom. The van der Waals surface area contributed by atoms with Crippen LogP contribution in [-0.2, 0) is 9.53 Å². The quantitative estimate of drug-likeness (QED) is 0.454. The second-order valence-electron chi connectivity index (χ2n) is 6.59. The smallest absolute Gasteiger partial charge is 0.302 e. The third-order valence-electron chi connectivity index (χ3n) is 4.62. The van der Waals surface area contributed by atoms with Gasteiger partial charge in [-0.15, -0.1) is 0 Å². The van der Waals surface area contributed by atoms with Gasteiger partial charge in [-0.25, -0.2) is 0 Å². The van der Waals surface area contributed by atoms with Crippen molar-refractivity contribution in [2.45, 2.75) is 58.8 Å². The predicted octanol–water partition coefficient (Wildman–Crippen LogP) is 6.34. The number of hydrogen-bond donors (Lipinski definition) is 0. The summed E-state index contributed by atoms with van der Waals surface area (Å²) in [6, 6.07) is 16.6. The zero-order valence-corrected chi connectivity index (χ0v) is 15.8. The van der Waals surface area contributed by atoms with Gasteiger partial charge in [-0.3, -0.25) is 4.79 Å². The Labute approximate surface area is 152 Å². The molecule has 134 valence electrons. The van der Waals surface area contributed by atoms with Gasteiger partial charge in [0.25, 0.3) is 0 Å². The highest BCUT2D eigenvalue weighted by Crippen LogP contribution is 2.44. The Morgan fingerprint density at radius 2 is 1.32 bits per heavy atom. The number of hydrogen-bond acceptors (Lipinski definition) is 2. The van der Waals surface area contributed by atoms with Crippen LogP contribution in [0.2, 0.25) is 0 Å². The SMILES string of the molecule is CC(=O)OCC1c2ccccc2-c2ccccc21.CCCCCCC. The van der Waals surface area contributed by atoms with Crippen LogP contribution >= 0.6 is 0 Å². The molecule has 2 nitrogen and oxygen atoms in total. The van der Waals surface area contributed by atoms with Gasteiger partial charge in [0, 0.05) is 12.8 Å². The largest absolute Gasteiger partial charge is 0.465 e. The third-order valence-corrected chi connectivity index (χ3v) is 4.62. The monoisotopic (exact) mass is 338 g/mol. The van der Waals surface area contributed by atoms with Gasteiger partial charge in [-0.1, -0.05) is 94.5 Å². The number of carbonyl (C=O) groups is 1. The number of esters is 1. The molecule has 0 bridgehead atoms. The van der Waals surface area contributed by atoms with Crippen molar-refractivity contribution in [2.75, 3.05) is 6.61 Å². The molecule has 0 atom stereocenters. The number of rotatable bonds is 6. The normalized spacial score (nSPS) is 12.0. The molecule has 0 aliphatic heterocycles. The third kappa shape index (κ3) is 5.19. The number of benzene rings is 2. The molecule has 2 heteroatoms. The van der Waals surface area contributed by atoms with Gasteiger partial charge in [0.15, 0.2) is 0 Å². The maximum Gasteiger partial charge on any atom is 0.302 e. The topological polar surface area (TPSA) is 26.3 Å². The number of unbranched alkanes of at least 4 members (excludes halogenated alkanes) is 4. The summed E-state index contributed by atoms with van der Waals surface area (Å²) in [5.74, 6) is -0.0573. The van der Waals surface area contributed by atoms with Gasteiger partial charge in [-0.05, 0) is 22.3 Å². The van der Waals surface area contributed by atoms with Crippen LogP contribution in [0.4, 0.5) is 0 Å². The Morgan fingerprint density at radius 3 is 1.76 bits per heavy atom. The first-order valence-electron chi connectivity index (χ1n) is 9.50. The van der Waals surface area contributed by atoms with Gasteiger partial charge in [0.2, 0.25) is 0 Å². The molecule has 3 rings (SSSR count). The molecule has 0 unspecified atom stereocenters. The number of carbonyl (C=O) groups excluding carboxylic acids is 1. The van der Waals surface area contributed by atoms with Crippen LogP contribution in [0.25, 0.3) is 11.1 Å². The summed E-state index contributed by atoms with van der Waals surface area (Å²) >= 11 is 0. The Kier molecular flexibility index (Phi) is 7.72. The first-order valence-corrected chi connectivity index (χ1v) is 9.50. The molecule has 0 heterocycles. The number of ether oxygens (including phenoxy) is 1. The molecule has 0 radical (unpaired) electrons. The summed E-state index contributed by atoms with van der Waals surface area (Å²) in [6.07, 6.45) is 7.01. The highest BCUT2D eigenvalue weighted by atomic mass is 16.5. The Bertz CT molecular complexity index is 626. The number of fused-ring (bicyclic) bond motifs is 3. The summed E-state index contributed by atoms with van der Waals surface area (Å²) in [4.78, 5) is 11.0. The van der Waals surface area contributed by atoms with Gasteiger partial charge >= 0.3 is 5.97 Å². The molecule has 1 aliphatic carbocycles. The molecule has 0 fully saturated rings. The zero-order chi connectivity index (χ0) is 18.1. The molecule has 25 heavy (non-hydrogen) atoms. The van der Waals surface area contributed by atoms with E-state index in [1.807, 2.05) is 24.3 Å². The lowest BCUT2D eigenvalue weighted by Crippen LogP contribution is -2.09. The van der Waals surface area contributed by atoms with Gasteiger partial charge in [-0.2, -0.15) is 0 Å². The van der Waals surface area contributed by atoms with Crippen molar-refractivity contribution < 1.29 is 9.53 Å². The van der Waals surface area contributed by atoms with Gasteiger partial charge < -0.3 is 4.74 Å². The minimum absolute atomic E-state index is 0.168. The fraction of sp³-hybridized carbons (Fsp3) is 0.435. The van der Waals surface area contributed by atoms with E-state index in [4.69, 9.17) is 4.74 Å². The van der Waals surface area contributed by atoms with Crippen molar-refractivity contribution >= 4 is 5.97 Å². The molecule has 0 saturated carbocycles. The fourth-order valence-electron chi connectivity index (χ4n) is 3.32. The summed E-state index contributed by atoms with van der Waals surface area (Å²) in [7, 11) is 0. The maximum absolute atomic E-state index is 11.0. The zero-order valence-electron chi connectivity index (χ0n) is 15.8. The fourth-order valence-corrected chi connectivity index (χ4v) is 3.32. The van der Waals surface area contributed by atoms with Crippen LogP contribution in [0.1, 0.15) is 69.9 Å². The first kappa shape index (κ1) is 19.2. The van der Waals surface area contributed by atoms with Gasteiger partial charge in [0.05, 0.1) is 0 Å². The van der Waals surface area contributed by atoms with E-state index < -0.39 is 0 Å². The lowest BCUT2D eigenvalue weighted by Gasteiger charge is -2.12.